The van der Waals surface area contributed by atoms with Gasteiger partial charge in [0.05, 0.1) is 7.11 Å². The molecule has 3 rings (SSSR count). The van der Waals surface area contributed by atoms with Crippen LogP contribution in [0.3, 0.4) is 0 Å². The van der Waals surface area contributed by atoms with Crippen molar-refractivity contribution in [3.63, 3.8) is 0 Å². The molecule has 0 fully saturated rings. The molecule has 0 saturated heterocycles. The average Bonchev–Trinajstić information content (AvgIpc) is 2.72. The van der Waals surface area contributed by atoms with E-state index in [1.165, 1.54) is 0 Å². The highest BCUT2D eigenvalue weighted by atomic mass is 127. The monoisotopic (exact) mass is 471 g/mol. The van der Waals surface area contributed by atoms with Crippen molar-refractivity contribution in [1.29, 1.82) is 0 Å². The summed E-state index contributed by atoms with van der Waals surface area (Å²) in [5.74, 6) is 1.46. The second kappa shape index (κ2) is 9.32. The first-order valence-corrected chi connectivity index (χ1v) is 9.41. The maximum atomic E-state index is 12.2. The molecule has 1 heterocycles. The van der Waals surface area contributed by atoms with Gasteiger partial charge in [0.1, 0.15) is 18.1 Å². The molecule has 0 aliphatic heterocycles. The summed E-state index contributed by atoms with van der Waals surface area (Å²) in [6.45, 7) is 0.377. The van der Waals surface area contributed by atoms with Crippen molar-refractivity contribution in [2.45, 2.75) is 6.61 Å². The van der Waals surface area contributed by atoms with E-state index in [2.05, 4.69) is 27.6 Å². The molecule has 0 aliphatic carbocycles. The van der Waals surface area contributed by atoms with Gasteiger partial charge in [-0.2, -0.15) is 0 Å². The zero-order chi connectivity index (χ0) is 19.1. The third kappa shape index (κ3) is 5.40. The van der Waals surface area contributed by atoms with Crippen LogP contribution in [-0.2, 0) is 6.61 Å². The molecule has 0 unspecified atom stereocenters. The van der Waals surface area contributed by atoms with Crippen LogP contribution < -0.4 is 9.47 Å². The zero-order valence-electron chi connectivity index (χ0n) is 14.8. The van der Waals surface area contributed by atoms with Crippen LogP contribution in [0.5, 0.6) is 11.5 Å². The molecule has 0 radical (unpaired) electrons. The predicted molar refractivity (Wildman–Crippen MR) is 114 cm³/mol. The van der Waals surface area contributed by atoms with Gasteiger partial charge in [-0.3, -0.25) is 9.78 Å². The summed E-state index contributed by atoms with van der Waals surface area (Å²) in [6.07, 6.45) is 6.52. The number of allylic oxidation sites excluding steroid dienone is 1. The number of hydrogen-bond donors (Lipinski definition) is 0. The van der Waals surface area contributed by atoms with E-state index in [-0.39, 0.29) is 5.78 Å². The number of pyridine rings is 1. The molecule has 0 amide bonds. The minimum Gasteiger partial charge on any atom is -0.496 e. The lowest BCUT2D eigenvalue weighted by Crippen LogP contribution is -1.99. The van der Waals surface area contributed by atoms with E-state index in [4.69, 9.17) is 9.47 Å². The quantitative estimate of drug-likeness (QED) is 0.271. The number of benzene rings is 2. The number of ether oxygens (including phenoxy) is 2. The normalized spacial score (nSPS) is 10.7. The van der Waals surface area contributed by atoms with Crippen molar-refractivity contribution in [2.75, 3.05) is 7.11 Å². The van der Waals surface area contributed by atoms with E-state index in [1.807, 2.05) is 42.5 Å². The maximum absolute atomic E-state index is 12.2. The van der Waals surface area contributed by atoms with Gasteiger partial charge in [0.25, 0.3) is 0 Å². The lowest BCUT2D eigenvalue weighted by molar-refractivity contribution is 0.104. The fourth-order valence-electron chi connectivity index (χ4n) is 2.48. The molecule has 0 N–H and O–H groups in total. The molecular formula is C22H18INO3. The summed E-state index contributed by atoms with van der Waals surface area (Å²) < 4.78 is 12.4. The van der Waals surface area contributed by atoms with Gasteiger partial charge in [-0.25, -0.2) is 0 Å². The van der Waals surface area contributed by atoms with Crippen LogP contribution in [0.4, 0.5) is 0 Å². The van der Waals surface area contributed by atoms with Crippen molar-refractivity contribution in [3.8, 4) is 11.5 Å². The Bertz CT molecular complexity index is 938. The standard InChI is InChI=1S/C22H18INO3/c1-26-22-11-5-16(4-10-21(25)17-3-2-12-24-14-17)13-18(22)15-27-20-8-6-19(23)7-9-20/h2-14H,15H2,1H3/b10-4+. The molecule has 0 saturated carbocycles. The molecule has 0 bridgehead atoms. The van der Waals surface area contributed by atoms with E-state index in [9.17, 15) is 4.79 Å². The van der Waals surface area contributed by atoms with Gasteiger partial charge in [0.2, 0.25) is 0 Å². The van der Waals surface area contributed by atoms with Crippen LogP contribution in [0.1, 0.15) is 21.5 Å². The third-order valence-electron chi connectivity index (χ3n) is 3.89. The Morgan fingerprint density at radius 3 is 2.67 bits per heavy atom. The number of methoxy groups -OCH3 is 1. The van der Waals surface area contributed by atoms with Gasteiger partial charge in [-0.05, 0) is 82.8 Å². The lowest BCUT2D eigenvalue weighted by Gasteiger charge is -2.11. The van der Waals surface area contributed by atoms with Gasteiger partial charge >= 0.3 is 0 Å². The Labute approximate surface area is 172 Å². The highest BCUT2D eigenvalue weighted by Crippen LogP contribution is 2.23. The van der Waals surface area contributed by atoms with Gasteiger partial charge in [0, 0.05) is 27.1 Å². The largest absolute Gasteiger partial charge is 0.496 e. The Kier molecular flexibility index (Phi) is 6.59. The molecule has 1 aromatic heterocycles. The Balaban J connectivity index is 1.73. The van der Waals surface area contributed by atoms with Crippen LogP contribution in [0.15, 0.2) is 73.1 Å². The first-order valence-electron chi connectivity index (χ1n) is 8.33. The van der Waals surface area contributed by atoms with Crippen LogP contribution in [-0.4, -0.2) is 17.9 Å². The summed E-state index contributed by atoms with van der Waals surface area (Å²) >= 11 is 2.26. The molecule has 2 aromatic carbocycles. The van der Waals surface area contributed by atoms with Crippen molar-refractivity contribution in [2.24, 2.45) is 0 Å². The first kappa shape index (κ1) is 19.1. The number of halogens is 1. The summed E-state index contributed by atoms with van der Waals surface area (Å²) in [7, 11) is 1.63. The van der Waals surface area contributed by atoms with E-state index in [0.717, 1.165) is 26.2 Å². The summed E-state index contributed by atoms with van der Waals surface area (Å²) in [4.78, 5) is 16.2. The lowest BCUT2D eigenvalue weighted by atomic mass is 10.1. The Morgan fingerprint density at radius 2 is 1.96 bits per heavy atom. The number of nitrogens with zero attached hydrogens (tertiary/aromatic N) is 1. The van der Waals surface area contributed by atoms with Gasteiger partial charge < -0.3 is 9.47 Å². The Hall–Kier alpha value is -2.67. The van der Waals surface area contributed by atoms with Crippen LogP contribution in [0, 0.1) is 3.57 Å². The molecule has 0 spiro atoms. The number of hydrogen-bond acceptors (Lipinski definition) is 4. The van der Waals surface area contributed by atoms with E-state index in [1.54, 1.807) is 43.8 Å². The van der Waals surface area contributed by atoms with Gasteiger partial charge in [-0.1, -0.05) is 12.1 Å². The fourth-order valence-corrected chi connectivity index (χ4v) is 2.84. The highest BCUT2D eigenvalue weighted by Gasteiger charge is 2.06. The number of carbonyl (C=O) groups is 1. The molecule has 0 atom stereocenters. The summed E-state index contributed by atoms with van der Waals surface area (Å²) in [6, 6.07) is 17.1. The number of rotatable bonds is 7. The van der Waals surface area contributed by atoms with Crippen molar-refractivity contribution < 1.29 is 14.3 Å². The number of carbonyl (C=O) groups excluding carboxylic acids is 1. The second-order valence-electron chi connectivity index (χ2n) is 5.75. The van der Waals surface area contributed by atoms with E-state index >= 15 is 0 Å². The molecule has 27 heavy (non-hydrogen) atoms. The summed E-state index contributed by atoms with van der Waals surface area (Å²) in [5, 5.41) is 0. The van der Waals surface area contributed by atoms with Crippen molar-refractivity contribution in [3.05, 3.63) is 93.3 Å². The topological polar surface area (TPSA) is 48.4 Å². The molecule has 0 aliphatic rings. The minimum atomic E-state index is -0.0874. The average molecular weight is 471 g/mol. The molecule has 5 heteroatoms. The molecular weight excluding hydrogens is 453 g/mol. The zero-order valence-corrected chi connectivity index (χ0v) is 16.9. The maximum Gasteiger partial charge on any atom is 0.187 e. The highest BCUT2D eigenvalue weighted by molar-refractivity contribution is 14.1. The molecule has 4 nitrogen and oxygen atoms in total. The first-order chi connectivity index (χ1) is 13.2. The Morgan fingerprint density at radius 1 is 1.15 bits per heavy atom. The minimum absolute atomic E-state index is 0.0874. The number of aromatic nitrogens is 1. The van der Waals surface area contributed by atoms with Crippen LogP contribution in [0.25, 0.3) is 6.08 Å². The van der Waals surface area contributed by atoms with Gasteiger partial charge in [0.15, 0.2) is 5.78 Å². The molecule has 3 aromatic rings. The molecule has 136 valence electrons. The SMILES string of the molecule is COc1ccc(/C=C/C(=O)c2cccnc2)cc1COc1ccc(I)cc1. The van der Waals surface area contributed by atoms with Crippen LogP contribution in [0.2, 0.25) is 0 Å². The fraction of sp³-hybridized carbons (Fsp3) is 0.0909. The predicted octanol–water partition coefficient (Wildman–Crippen LogP) is 5.17. The number of ketones is 1. The second-order valence-corrected chi connectivity index (χ2v) is 7.00. The van der Waals surface area contributed by atoms with Crippen molar-refractivity contribution >= 4 is 34.5 Å². The smallest absolute Gasteiger partial charge is 0.187 e. The van der Waals surface area contributed by atoms with Crippen molar-refractivity contribution in [1.82, 2.24) is 4.98 Å². The third-order valence-corrected chi connectivity index (χ3v) is 4.60. The van der Waals surface area contributed by atoms with E-state index in [0.29, 0.717) is 12.2 Å². The van der Waals surface area contributed by atoms with Gasteiger partial charge in [-0.15, -0.1) is 0 Å². The van der Waals surface area contributed by atoms with E-state index < -0.39 is 0 Å². The van der Waals surface area contributed by atoms with Crippen LogP contribution >= 0.6 is 22.6 Å². The summed E-state index contributed by atoms with van der Waals surface area (Å²) in [5.41, 5.74) is 2.37.